The van der Waals surface area contributed by atoms with Gasteiger partial charge in [-0.3, -0.25) is 4.79 Å². The van der Waals surface area contributed by atoms with Crippen molar-refractivity contribution in [3.63, 3.8) is 0 Å². The monoisotopic (exact) mass is 407 g/mol. The van der Waals surface area contributed by atoms with Gasteiger partial charge in [-0.25, -0.2) is 8.42 Å². The van der Waals surface area contributed by atoms with Crippen LogP contribution in [0, 0.1) is 12.3 Å². The van der Waals surface area contributed by atoms with Crippen LogP contribution in [0.2, 0.25) is 5.02 Å². The fourth-order valence-electron chi connectivity index (χ4n) is 3.71. The maximum Gasteiger partial charge on any atom is 0.315 e. The third-order valence-electron chi connectivity index (χ3n) is 5.16. The summed E-state index contributed by atoms with van der Waals surface area (Å²) in [5.41, 5.74) is 6.49. The van der Waals surface area contributed by atoms with Gasteiger partial charge in [-0.1, -0.05) is 41.4 Å². The Labute approximate surface area is 164 Å². The lowest BCUT2D eigenvalue weighted by atomic mass is 9.98. The second-order valence-corrected chi connectivity index (χ2v) is 9.28. The molecule has 3 rings (SSSR count). The average Bonchev–Trinajstić information content (AvgIpc) is 3.34. The van der Waals surface area contributed by atoms with Gasteiger partial charge in [0.2, 0.25) is 0 Å². The first-order valence-electron chi connectivity index (χ1n) is 8.72. The Hall–Kier alpha value is -1.89. The minimum absolute atomic E-state index is 0.109. The number of sulfone groups is 1. The van der Waals surface area contributed by atoms with Gasteiger partial charge >= 0.3 is 5.97 Å². The fourth-order valence-corrected chi connectivity index (χ4v) is 6.22. The molecule has 1 aliphatic rings. The first-order valence-corrected chi connectivity index (χ1v) is 10.6. The highest BCUT2D eigenvalue weighted by Gasteiger charge is 2.75. The quantitative estimate of drug-likeness (QED) is 0.743. The van der Waals surface area contributed by atoms with E-state index < -0.39 is 32.4 Å². The molecule has 0 amide bonds. The van der Waals surface area contributed by atoms with Gasteiger partial charge < -0.3 is 10.5 Å². The van der Waals surface area contributed by atoms with E-state index in [1.807, 2.05) is 31.2 Å². The van der Waals surface area contributed by atoms with Crippen LogP contribution < -0.4 is 5.73 Å². The van der Waals surface area contributed by atoms with Gasteiger partial charge in [0.15, 0.2) is 9.84 Å². The zero-order valence-electron chi connectivity index (χ0n) is 15.2. The van der Waals surface area contributed by atoms with Crippen LogP contribution in [0.15, 0.2) is 53.4 Å². The van der Waals surface area contributed by atoms with E-state index in [-0.39, 0.29) is 18.0 Å². The number of hydrogen-bond donors (Lipinski definition) is 1. The summed E-state index contributed by atoms with van der Waals surface area (Å²) in [4.78, 5) is 12.9. The first-order chi connectivity index (χ1) is 12.8. The van der Waals surface area contributed by atoms with Crippen LogP contribution in [-0.2, 0) is 19.4 Å². The number of hydrogen-bond acceptors (Lipinski definition) is 5. The SMILES string of the molecule is CCOC(=O)[C@]1(CN)[C@@H](c2ccc(C)cc2)[C@@H]1S(=O)(=O)c1ccc(Cl)cc1. The molecule has 0 saturated heterocycles. The van der Waals surface area contributed by atoms with Crippen molar-refractivity contribution in [1.29, 1.82) is 0 Å². The summed E-state index contributed by atoms with van der Waals surface area (Å²) in [6.07, 6.45) is 0. The van der Waals surface area contributed by atoms with Crippen molar-refractivity contribution in [2.24, 2.45) is 11.1 Å². The molecule has 0 spiro atoms. The normalized spacial score (nSPS) is 24.4. The van der Waals surface area contributed by atoms with Crippen LogP contribution in [0.3, 0.4) is 0 Å². The van der Waals surface area contributed by atoms with E-state index in [9.17, 15) is 13.2 Å². The van der Waals surface area contributed by atoms with Gasteiger partial charge in [-0.05, 0) is 43.7 Å². The lowest BCUT2D eigenvalue weighted by Gasteiger charge is -2.14. The summed E-state index contributed by atoms with van der Waals surface area (Å²) >= 11 is 5.88. The van der Waals surface area contributed by atoms with Crippen molar-refractivity contribution in [3.05, 3.63) is 64.7 Å². The second-order valence-electron chi connectivity index (χ2n) is 6.77. The molecule has 1 fully saturated rings. The Bertz CT molecular complexity index is 941. The predicted molar refractivity (Wildman–Crippen MR) is 104 cm³/mol. The number of nitrogens with two attached hydrogens (primary N) is 1. The van der Waals surface area contributed by atoms with Gasteiger partial charge in [0.1, 0.15) is 5.41 Å². The third-order valence-corrected chi connectivity index (χ3v) is 7.71. The number of ether oxygens (including phenoxy) is 1. The van der Waals surface area contributed by atoms with E-state index in [0.717, 1.165) is 11.1 Å². The molecule has 0 radical (unpaired) electrons. The minimum atomic E-state index is -3.81. The summed E-state index contributed by atoms with van der Waals surface area (Å²) in [6.45, 7) is 3.69. The molecule has 3 atom stereocenters. The molecule has 1 saturated carbocycles. The predicted octanol–water partition coefficient (Wildman–Crippen LogP) is 3.10. The molecule has 0 bridgehead atoms. The van der Waals surface area contributed by atoms with Crippen molar-refractivity contribution in [2.45, 2.75) is 29.9 Å². The summed E-state index contributed by atoms with van der Waals surface area (Å²) in [5.74, 6) is -1.12. The van der Waals surface area contributed by atoms with Crippen LogP contribution in [0.1, 0.15) is 24.0 Å². The Balaban J connectivity index is 2.10. The molecule has 0 heterocycles. The molecule has 0 unspecified atom stereocenters. The molecule has 7 heteroatoms. The largest absolute Gasteiger partial charge is 0.465 e. The maximum atomic E-state index is 13.3. The third kappa shape index (κ3) is 3.26. The van der Waals surface area contributed by atoms with Crippen LogP contribution in [0.4, 0.5) is 0 Å². The summed E-state index contributed by atoms with van der Waals surface area (Å²) < 4.78 is 31.9. The Morgan fingerprint density at radius 3 is 2.26 bits per heavy atom. The van der Waals surface area contributed by atoms with Crippen molar-refractivity contribution >= 4 is 27.4 Å². The van der Waals surface area contributed by atoms with Gasteiger partial charge in [0.25, 0.3) is 0 Å². The minimum Gasteiger partial charge on any atom is -0.465 e. The van der Waals surface area contributed by atoms with E-state index in [1.54, 1.807) is 6.92 Å². The van der Waals surface area contributed by atoms with Crippen LogP contribution in [-0.4, -0.2) is 32.8 Å². The highest BCUT2D eigenvalue weighted by Crippen LogP contribution is 2.64. The number of rotatable bonds is 6. The molecular formula is C20H22ClNO4S. The number of benzene rings is 2. The smallest absolute Gasteiger partial charge is 0.315 e. The van der Waals surface area contributed by atoms with Gasteiger partial charge in [0.05, 0.1) is 16.8 Å². The van der Waals surface area contributed by atoms with Crippen LogP contribution in [0.5, 0.6) is 0 Å². The lowest BCUT2D eigenvalue weighted by Crippen LogP contribution is -2.33. The number of esters is 1. The zero-order chi connectivity index (χ0) is 19.8. The van der Waals surface area contributed by atoms with E-state index in [2.05, 4.69) is 0 Å². The van der Waals surface area contributed by atoms with Crippen molar-refractivity contribution < 1.29 is 17.9 Å². The molecule has 27 heavy (non-hydrogen) atoms. The second kappa shape index (κ2) is 7.26. The molecule has 2 N–H and O–H groups in total. The van der Waals surface area contributed by atoms with Gasteiger partial charge in [-0.15, -0.1) is 0 Å². The Kier molecular flexibility index (Phi) is 5.34. The van der Waals surface area contributed by atoms with Crippen molar-refractivity contribution in [3.8, 4) is 0 Å². The summed E-state index contributed by atoms with van der Waals surface area (Å²) in [6, 6.07) is 13.4. The van der Waals surface area contributed by atoms with Crippen LogP contribution >= 0.6 is 11.6 Å². The highest BCUT2D eigenvalue weighted by atomic mass is 35.5. The Morgan fingerprint density at radius 2 is 1.74 bits per heavy atom. The number of carbonyl (C=O) groups is 1. The molecule has 5 nitrogen and oxygen atoms in total. The summed E-state index contributed by atoms with van der Waals surface area (Å²) in [5, 5.41) is -0.534. The van der Waals surface area contributed by atoms with Crippen molar-refractivity contribution in [2.75, 3.05) is 13.2 Å². The molecule has 1 aliphatic carbocycles. The fraction of sp³-hybridized carbons (Fsp3) is 0.350. The lowest BCUT2D eigenvalue weighted by molar-refractivity contribution is -0.149. The van der Waals surface area contributed by atoms with E-state index >= 15 is 0 Å². The van der Waals surface area contributed by atoms with Crippen LogP contribution in [0.25, 0.3) is 0 Å². The van der Waals surface area contributed by atoms with E-state index in [1.165, 1.54) is 24.3 Å². The van der Waals surface area contributed by atoms with Crippen molar-refractivity contribution in [1.82, 2.24) is 0 Å². The molecular weight excluding hydrogens is 386 g/mol. The van der Waals surface area contributed by atoms with Gasteiger partial charge in [0, 0.05) is 17.5 Å². The standard InChI is InChI=1S/C20H22ClNO4S/c1-3-26-19(23)20(12-22)17(14-6-4-13(2)5-7-14)18(20)27(24,25)16-10-8-15(21)9-11-16/h4-11,17-18H,3,12,22H2,1-2H3/t17-,18-,20+/m0/s1. The molecule has 2 aromatic carbocycles. The molecule has 0 aromatic heterocycles. The maximum absolute atomic E-state index is 13.3. The first kappa shape index (κ1) is 19.9. The number of halogens is 1. The number of carbonyl (C=O) groups excluding carboxylic acids is 1. The summed E-state index contributed by atoms with van der Waals surface area (Å²) in [7, 11) is -3.81. The topological polar surface area (TPSA) is 86.5 Å². The molecule has 0 aliphatic heterocycles. The van der Waals surface area contributed by atoms with Gasteiger partial charge in [-0.2, -0.15) is 0 Å². The average molecular weight is 408 g/mol. The molecule has 144 valence electrons. The van der Waals surface area contributed by atoms with E-state index in [4.69, 9.17) is 22.1 Å². The Morgan fingerprint density at radius 1 is 1.15 bits per heavy atom. The molecule has 2 aromatic rings. The highest BCUT2D eigenvalue weighted by molar-refractivity contribution is 7.92. The zero-order valence-corrected chi connectivity index (χ0v) is 16.8. The number of aryl methyl sites for hydroxylation is 1. The van der Waals surface area contributed by atoms with E-state index in [0.29, 0.717) is 5.02 Å².